The van der Waals surface area contributed by atoms with Crippen LogP contribution in [0.15, 0.2) is 22.2 Å². The zero-order chi connectivity index (χ0) is 12.8. The number of amides is 1. The molecular formula is C12H13ClN2OS2. The highest BCUT2D eigenvalue weighted by atomic mass is 35.5. The van der Waals surface area contributed by atoms with Crippen molar-refractivity contribution in [3.05, 3.63) is 38.5 Å². The van der Waals surface area contributed by atoms with Crippen LogP contribution in [0.1, 0.15) is 16.3 Å². The van der Waals surface area contributed by atoms with E-state index in [9.17, 15) is 4.79 Å². The van der Waals surface area contributed by atoms with Crippen molar-refractivity contribution in [2.75, 3.05) is 6.54 Å². The molecule has 0 aliphatic rings. The predicted octanol–water partition coefficient (Wildman–Crippen LogP) is 2.84. The zero-order valence-corrected chi connectivity index (χ0v) is 12.1. The maximum atomic E-state index is 11.7. The zero-order valence-electron chi connectivity index (χ0n) is 9.69. The Morgan fingerprint density at radius 2 is 2.33 bits per heavy atom. The number of nitrogens with one attached hydrogen (secondary N) is 1. The summed E-state index contributed by atoms with van der Waals surface area (Å²) in [6, 6.07) is 2.07. The molecule has 0 fully saturated rings. The fourth-order valence-corrected chi connectivity index (χ4v) is 3.20. The van der Waals surface area contributed by atoms with Gasteiger partial charge < -0.3 is 5.32 Å². The van der Waals surface area contributed by atoms with Crippen LogP contribution in [0, 0.1) is 0 Å². The van der Waals surface area contributed by atoms with Crippen molar-refractivity contribution in [2.24, 2.45) is 0 Å². The minimum Gasteiger partial charge on any atom is -0.355 e. The lowest BCUT2D eigenvalue weighted by Crippen LogP contribution is -2.27. The average molecular weight is 301 g/mol. The highest BCUT2D eigenvalue weighted by Crippen LogP contribution is 2.12. The molecule has 0 saturated heterocycles. The Balaban J connectivity index is 1.71. The smallest absolute Gasteiger partial charge is 0.226 e. The molecule has 2 rings (SSSR count). The average Bonchev–Trinajstić information content (AvgIpc) is 3.00. The third-order valence-electron chi connectivity index (χ3n) is 2.36. The van der Waals surface area contributed by atoms with Crippen LogP contribution in [0.25, 0.3) is 0 Å². The number of nitrogens with zero attached hydrogens (tertiary/aromatic N) is 1. The quantitative estimate of drug-likeness (QED) is 0.834. The second kappa shape index (κ2) is 6.87. The topological polar surface area (TPSA) is 42.0 Å². The molecule has 96 valence electrons. The Kier molecular flexibility index (Phi) is 5.16. The summed E-state index contributed by atoms with van der Waals surface area (Å²) in [7, 11) is 0. The lowest BCUT2D eigenvalue weighted by atomic mass is 10.2. The molecular weight excluding hydrogens is 288 g/mol. The molecule has 0 spiro atoms. The van der Waals surface area contributed by atoms with Crippen LogP contribution in [0.5, 0.6) is 0 Å². The van der Waals surface area contributed by atoms with Gasteiger partial charge in [0.15, 0.2) is 0 Å². The molecule has 1 amide bonds. The van der Waals surface area contributed by atoms with E-state index in [2.05, 4.69) is 21.7 Å². The van der Waals surface area contributed by atoms with Crippen molar-refractivity contribution < 1.29 is 4.79 Å². The van der Waals surface area contributed by atoms with Gasteiger partial charge in [0.25, 0.3) is 0 Å². The maximum Gasteiger partial charge on any atom is 0.226 e. The number of rotatable bonds is 6. The Hall–Kier alpha value is -0.910. The highest BCUT2D eigenvalue weighted by Gasteiger charge is 2.07. The van der Waals surface area contributed by atoms with Crippen LogP contribution >= 0.6 is 34.3 Å². The number of halogens is 1. The minimum atomic E-state index is 0.0145. The molecule has 0 radical (unpaired) electrons. The third kappa shape index (κ3) is 4.08. The van der Waals surface area contributed by atoms with Gasteiger partial charge >= 0.3 is 0 Å². The number of aromatic nitrogens is 1. The van der Waals surface area contributed by atoms with Gasteiger partial charge in [-0.15, -0.1) is 22.9 Å². The molecule has 18 heavy (non-hydrogen) atoms. The van der Waals surface area contributed by atoms with E-state index in [0.717, 1.165) is 17.1 Å². The molecule has 6 heteroatoms. The van der Waals surface area contributed by atoms with E-state index in [1.165, 1.54) is 16.9 Å². The first-order valence-electron chi connectivity index (χ1n) is 5.55. The molecule has 0 atom stereocenters. The van der Waals surface area contributed by atoms with Crippen molar-refractivity contribution >= 4 is 40.2 Å². The molecule has 1 N–H and O–H groups in total. The van der Waals surface area contributed by atoms with Crippen molar-refractivity contribution in [2.45, 2.75) is 18.7 Å². The van der Waals surface area contributed by atoms with Crippen LogP contribution in [-0.2, 0) is 23.5 Å². The first-order chi connectivity index (χ1) is 8.78. The van der Waals surface area contributed by atoms with Crippen molar-refractivity contribution in [1.29, 1.82) is 0 Å². The Bertz CT molecular complexity index is 496. The van der Waals surface area contributed by atoms with Crippen LogP contribution in [0.3, 0.4) is 0 Å². The van der Waals surface area contributed by atoms with Gasteiger partial charge in [-0.1, -0.05) is 0 Å². The van der Waals surface area contributed by atoms with Gasteiger partial charge in [-0.3, -0.25) is 4.79 Å². The molecule has 0 aliphatic carbocycles. The Labute approximate surface area is 119 Å². The summed E-state index contributed by atoms with van der Waals surface area (Å²) < 4.78 is 0. The van der Waals surface area contributed by atoms with Crippen LogP contribution in [0.4, 0.5) is 0 Å². The number of alkyl halides is 1. The lowest BCUT2D eigenvalue weighted by Gasteiger charge is -2.02. The fourth-order valence-electron chi connectivity index (χ4n) is 1.47. The van der Waals surface area contributed by atoms with Gasteiger partial charge in [0.1, 0.15) is 5.01 Å². The van der Waals surface area contributed by atoms with Gasteiger partial charge in [0.05, 0.1) is 18.0 Å². The Morgan fingerprint density at radius 1 is 1.44 bits per heavy atom. The molecule has 2 heterocycles. The number of carbonyl (C=O) groups is 1. The highest BCUT2D eigenvalue weighted by molar-refractivity contribution is 7.09. The van der Waals surface area contributed by atoms with E-state index in [-0.39, 0.29) is 5.91 Å². The molecule has 0 aliphatic heterocycles. The number of thiazole rings is 1. The van der Waals surface area contributed by atoms with E-state index < -0.39 is 0 Å². The summed E-state index contributed by atoms with van der Waals surface area (Å²) >= 11 is 8.81. The number of carbonyl (C=O) groups excluding carboxylic acids is 1. The van der Waals surface area contributed by atoms with Gasteiger partial charge in [-0.25, -0.2) is 4.98 Å². The maximum absolute atomic E-state index is 11.7. The molecule has 0 bridgehead atoms. The van der Waals surface area contributed by atoms with E-state index in [1.807, 2.05) is 10.8 Å². The van der Waals surface area contributed by atoms with E-state index in [1.54, 1.807) is 11.3 Å². The monoisotopic (exact) mass is 300 g/mol. The molecule has 0 saturated carbocycles. The number of hydrogen-bond acceptors (Lipinski definition) is 4. The van der Waals surface area contributed by atoms with E-state index in [4.69, 9.17) is 11.6 Å². The van der Waals surface area contributed by atoms with Gasteiger partial charge in [0, 0.05) is 11.9 Å². The summed E-state index contributed by atoms with van der Waals surface area (Å²) in [6.45, 7) is 0.670. The van der Waals surface area contributed by atoms with Gasteiger partial charge in [-0.2, -0.15) is 11.3 Å². The largest absolute Gasteiger partial charge is 0.355 e. The van der Waals surface area contributed by atoms with Crippen LogP contribution in [0.2, 0.25) is 0 Å². The Morgan fingerprint density at radius 3 is 3.00 bits per heavy atom. The van der Waals surface area contributed by atoms with E-state index >= 15 is 0 Å². The molecule has 3 nitrogen and oxygen atoms in total. The normalized spacial score (nSPS) is 10.5. The second-order valence-electron chi connectivity index (χ2n) is 3.77. The van der Waals surface area contributed by atoms with Gasteiger partial charge in [-0.05, 0) is 28.8 Å². The van der Waals surface area contributed by atoms with Crippen LogP contribution in [-0.4, -0.2) is 17.4 Å². The van der Waals surface area contributed by atoms with Crippen molar-refractivity contribution in [3.63, 3.8) is 0 Å². The molecule has 2 aromatic rings. The van der Waals surface area contributed by atoms with Gasteiger partial charge in [0.2, 0.25) is 5.91 Å². The standard InChI is InChI=1S/C12H13ClN2OS2/c13-6-10-8-18-12(15-10)5-11(16)14-3-1-9-2-4-17-7-9/h2,4,7-8H,1,3,5-6H2,(H,14,16). The minimum absolute atomic E-state index is 0.0145. The van der Waals surface area contributed by atoms with Crippen molar-refractivity contribution in [3.8, 4) is 0 Å². The SMILES string of the molecule is O=C(Cc1nc(CCl)cs1)NCCc1ccsc1. The number of hydrogen-bond donors (Lipinski definition) is 1. The second-order valence-corrected chi connectivity index (χ2v) is 5.76. The van der Waals surface area contributed by atoms with Crippen LogP contribution < -0.4 is 5.32 Å². The summed E-state index contributed by atoms with van der Waals surface area (Å²) in [5.74, 6) is 0.414. The van der Waals surface area contributed by atoms with Crippen molar-refractivity contribution in [1.82, 2.24) is 10.3 Å². The summed E-state index contributed by atoms with van der Waals surface area (Å²) in [5, 5.41) is 9.74. The van der Waals surface area contributed by atoms with E-state index in [0.29, 0.717) is 18.8 Å². The predicted molar refractivity (Wildman–Crippen MR) is 76.4 cm³/mol. The summed E-state index contributed by atoms with van der Waals surface area (Å²) in [4.78, 5) is 15.9. The first-order valence-corrected chi connectivity index (χ1v) is 7.90. The molecule has 2 aromatic heterocycles. The molecule has 0 aromatic carbocycles. The molecule has 0 unspecified atom stereocenters. The summed E-state index contributed by atoms with van der Waals surface area (Å²) in [5.41, 5.74) is 2.10. The number of thiophene rings is 1. The third-order valence-corrected chi connectivity index (χ3v) is 4.27. The summed E-state index contributed by atoms with van der Waals surface area (Å²) in [6.07, 6.45) is 1.21. The fraction of sp³-hybridized carbons (Fsp3) is 0.333. The lowest BCUT2D eigenvalue weighted by molar-refractivity contribution is -0.120. The first kappa shape index (κ1) is 13.5.